The smallest absolute Gasteiger partial charge is 0.244 e. The van der Waals surface area contributed by atoms with E-state index >= 15 is 0 Å². The molecule has 0 aliphatic rings. The molecule has 1 unspecified atom stereocenters. The summed E-state index contributed by atoms with van der Waals surface area (Å²) in [6.07, 6.45) is 1.40. The lowest BCUT2D eigenvalue weighted by Crippen LogP contribution is -2.22. The van der Waals surface area contributed by atoms with Crippen LogP contribution >= 0.6 is 12.2 Å². The van der Waals surface area contributed by atoms with Crippen LogP contribution in [-0.2, 0) is 4.74 Å². The summed E-state index contributed by atoms with van der Waals surface area (Å²) in [6, 6.07) is 1.68. The average Bonchev–Trinajstić information content (AvgIpc) is 2.27. The van der Waals surface area contributed by atoms with Crippen LogP contribution in [0.4, 0.5) is 0 Å². The minimum Gasteiger partial charge on any atom is -0.471 e. The van der Waals surface area contributed by atoms with Gasteiger partial charge >= 0.3 is 0 Å². The first-order chi connectivity index (χ1) is 7.65. The third-order valence-electron chi connectivity index (χ3n) is 1.82. The molecule has 1 atom stereocenters. The molecular weight excluding hydrogens is 226 g/mol. The van der Waals surface area contributed by atoms with Crippen LogP contribution in [0.3, 0.4) is 0 Å². The molecule has 88 valence electrons. The van der Waals surface area contributed by atoms with Gasteiger partial charge in [0.2, 0.25) is 5.88 Å². The second-order valence-corrected chi connectivity index (χ2v) is 3.64. The number of nitrogens with two attached hydrogens (primary N) is 1. The van der Waals surface area contributed by atoms with Gasteiger partial charge in [-0.25, -0.2) is 0 Å². The normalized spacial score (nSPS) is 12.1. The van der Waals surface area contributed by atoms with Crippen molar-refractivity contribution in [2.75, 3.05) is 13.2 Å². The Morgan fingerprint density at radius 3 is 3.00 bits per heavy atom. The molecule has 6 heteroatoms. The molecule has 0 fully saturated rings. The number of aromatic nitrogens is 2. The quantitative estimate of drug-likeness (QED) is 0.747. The fraction of sp³-hybridized carbons (Fsp3) is 0.500. The van der Waals surface area contributed by atoms with Crippen LogP contribution < -0.4 is 10.5 Å². The van der Waals surface area contributed by atoms with Gasteiger partial charge in [-0.1, -0.05) is 12.2 Å². The Morgan fingerprint density at radius 1 is 1.62 bits per heavy atom. The van der Waals surface area contributed by atoms with Crippen LogP contribution in [0.15, 0.2) is 12.3 Å². The van der Waals surface area contributed by atoms with Crippen molar-refractivity contribution in [2.24, 2.45) is 5.73 Å². The van der Waals surface area contributed by atoms with E-state index in [4.69, 9.17) is 27.4 Å². The van der Waals surface area contributed by atoms with Gasteiger partial charge in [0, 0.05) is 6.61 Å². The maximum Gasteiger partial charge on any atom is 0.244 e. The monoisotopic (exact) mass is 241 g/mol. The second-order valence-electron chi connectivity index (χ2n) is 3.20. The molecule has 0 radical (unpaired) electrons. The van der Waals surface area contributed by atoms with Gasteiger partial charge in [-0.2, -0.15) is 5.10 Å². The van der Waals surface area contributed by atoms with E-state index in [0.29, 0.717) is 24.7 Å². The molecule has 0 amide bonds. The van der Waals surface area contributed by atoms with Gasteiger partial charge < -0.3 is 15.2 Å². The Bertz CT molecular complexity index is 360. The van der Waals surface area contributed by atoms with Crippen LogP contribution in [0.2, 0.25) is 0 Å². The zero-order valence-electron chi connectivity index (χ0n) is 9.34. The topological polar surface area (TPSA) is 70.3 Å². The standard InChI is InChI=1S/C10H15N3O2S/c1-3-14-6-7(2)15-10-8(9(11)16)4-5-12-13-10/h4-5,7H,3,6H2,1-2H3,(H2,11,16). The SMILES string of the molecule is CCOCC(C)Oc1nnccc1C(N)=S. The lowest BCUT2D eigenvalue weighted by molar-refractivity contribution is 0.0627. The maximum atomic E-state index is 5.54. The number of ether oxygens (including phenoxy) is 2. The molecule has 0 aromatic carbocycles. The van der Waals surface area contributed by atoms with Crippen molar-refractivity contribution in [1.82, 2.24) is 10.2 Å². The third kappa shape index (κ3) is 3.71. The van der Waals surface area contributed by atoms with Gasteiger partial charge in [0.25, 0.3) is 0 Å². The lowest BCUT2D eigenvalue weighted by Gasteiger charge is -2.14. The van der Waals surface area contributed by atoms with E-state index in [9.17, 15) is 0 Å². The Balaban J connectivity index is 2.69. The molecule has 1 rings (SSSR count). The van der Waals surface area contributed by atoms with Crippen molar-refractivity contribution in [1.29, 1.82) is 0 Å². The van der Waals surface area contributed by atoms with Crippen LogP contribution in [0.1, 0.15) is 19.4 Å². The summed E-state index contributed by atoms with van der Waals surface area (Å²) in [5.74, 6) is 0.349. The summed E-state index contributed by atoms with van der Waals surface area (Å²) in [4.78, 5) is 0.244. The Kier molecular flexibility index (Phi) is 5.07. The highest BCUT2D eigenvalue weighted by atomic mass is 32.1. The Labute approximate surface area is 100.0 Å². The predicted octanol–water partition coefficient (Wildman–Crippen LogP) is 0.915. The molecule has 1 heterocycles. The van der Waals surface area contributed by atoms with Crippen molar-refractivity contribution in [3.8, 4) is 5.88 Å². The summed E-state index contributed by atoms with van der Waals surface area (Å²) < 4.78 is 10.8. The van der Waals surface area contributed by atoms with Gasteiger partial charge in [-0.15, -0.1) is 5.10 Å². The number of nitrogens with zero attached hydrogens (tertiary/aromatic N) is 2. The summed E-state index contributed by atoms with van der Waals surface area (Å²) in [5.41, 5.74) is 6.13. The van der Waals surface area contributed by atoms with Crippen molar-refractivity contribution >= 4 is 17.2 Å². The van der Waals surface area contributed by atoms with E-state index < -0.39 is 0 Å². The van der Waals surface area contributed by atoms with Crippen molar-refractivity contribution in [2.45, 2.75) is 20.0 Å². The van der Waals surface area contributed by atoms with Crippen molar-refractivity contribution in [3.63, 3.8) is 0 Å². The number of rotatable bonds is 6. The largest absolute Gasteiger partial charge is 0.471 e. The highest BCUT2D eigenvalue weighted by molar-refractivity contribution is 7.80. The molecular formula is C10H15N3O2S. The summed E-state index contributed by atoms with van der Waals surface area (Å²) in [6.45, 7) is 4.95. The second kappa shape index (κ2) is 6.34. The fourth-order valence-electron chi connectivity index (χ4n) is 1.10. The number of thiocarbonyl (C=S) groups is 1. The van der Waals surface area contributed by atoms with E-state index in [1.165, 1.54) is 6.20 Å². The Hall–Kier alpha value is -1.27. The zero-order valence-corrected chi connectivity index (χ0v) is 10.2. The highest BCUT2D eigenvalue weighted by Gasteiger charge is 2.11. The van der Waals surface area contributed by atoms with Gasteiger partial charge in [-0.05, 0) is 19.9 Å². The molecule has 0 spiro atoms. The molecule has 0 saturated carbocycles. The molecule has 1 aromatic heterocycles. The van der Waals surface area contributed by atoms with E-state index in [0.717, 1.165) is 0 Å². The van der Waals surface area contributed by atoms with Crippen LogP contribution in [0.5, 0.6) is 5.88 Å². The summed E-state index contributed by atoms with van der Waals surface area (Å²) in [7, 11) is 0. The number of hydrogen-bond acceptors (Lipinski definition) is 5. The van der Waals surface area contributed by atoms with E-state index in [1.54, 1.807) is 6.07 Å². The Morgan fingerprint density at radius 2 is 2.38 bits per heavy atom. The van der Waals surface area contributed by atoms with Crippen LogP contribution in [0, 0.1) is 0 Å². The summed E-state index contributed by atoms with van der Waals surface area (Å²) in [5, 5.41) is 7.58. The molecule has 5 nitrogen and oxygen atoms in total. The minimum atomic E-state index is -0.121. The van der Waals surface area contributed by atoms with Crippen molar-refractivity contribution in [3.05, 3.63) is 17.8 Å². The van der Waals surface area contributed by atoms with E-state index in [2.05, 4.69) is 10.2 Å². The molecule has 0 bridgehead atoms. The van der Waals surface area contributed by atoms with Gasteiger partial charge in [0.05, 0.1) is 18.4 Å². The third-order valence-corrected chi connectivity index (χ3v) is 2.04. The van der Waals surface area contributed by atoms with Crippen LogP contribution in [0.25, 0.3) is 0 Å². The number of hydrogen-bond donors (Lipinski definition) is 1. The van der Waals surface area contributed by atoms with Gasteiger partial charge in [0.15, 0.2) is 0 Å². The van der Waals surface area contributed by atoms with Gasteiger partial charge in [-0.3, -0.25) is 0 Å². The van der Waals surface area contributed by atoms with Crippen LogP contribution in [-0.4, -0.2) is 34.5 Å². The van der Waals surface area contributed by atoms with Gasteiger partial charge in [0.1, 0.15) is 11.1 Å². The molecule has 0 aliphatic heterocycles. The molecule has 1 aromatic rings. The lowest BCUT2D eigenvalue weighted by atomic mass is 10.3. The summed E-state index contributed by atoms with van der Waals surface area (Å²) >= 11 is 4.89. The first kappa shape index (κ1) is 12.8. The van der Waals surface area contributed by atoms with E-state index in [-0.39, 0.29) is 11.1 Å². The zero-order chi connectivity index (χ0) is 12.0. The first-order valence-corrected chi connectivity index (χ1v) is 5.41. The maximum absolute atomic E-state index is 5.54. The fourth-order valence-corrected chi connectivity index (χ4v) is 1.26. The van der Waals surface area contributed by atoms with E-state index in [1.807, 2.05) is 13.8 Å². The molecule has 2 N–H and O–H groups in total. The molecule has 16 heavy (non-hydrogen) atoms. The van der Waals surface area contributed by atoms with Crippen molar-refractivity contribution < 1.29 is 9.47 Å². The molecule has 0 aliphatic carbocycles. The first-order valence-electron chi connectivity index (χ1n) is 5.01. The molecule has 0 saturated heterocycles. The highest BCUT2D eigenvalue weighted by Crippen LogP contribution is 2.14. The minimum absolute atomic E-state index is 0.121. The average molecular weight is 241 g/mol. The predicted molar refractivity (Wildman–Crippen MR) is 64.5 cm³/mol.